The molecule has 1 heterocycles. The van der Waals surface area contributed by atoms with Crippen molar-refractivity contribution in [1.82, 2.24) is 9.97 Å². The second-order valence-corrected chi connectivity index (χ2v) is 2.86. The third kappa shape index (κ3) is 2.99. The SMILES string of the molecule is COC(=O)Cc1cc(C)nc(Cl)n1. The summed E-state index contributed by atoms with van der Waals surface area (Å²) in [7, 11) is 1.33. The molecule has 0 radical (unpaired) electrons. The molecule has 0 saturated carbocycles. The summed E-state index contributed by atoms with van der Waals surface area (Å²) < 4.78 is 4.49. The molecule has 4 nitrogen and oxygen atoms in total. The fourth-order valence-corrected chi connectivity index (χ4v) is 1.15. The summed E-state index contributed by atoms with van der Waals surface area (Å²) in [6.45, 7) is 1.79. The number of hydrogen-bond acceptors (Lipinski definition) is 4. The van der Waals surface area contributed by atoms with Crippen LogP contribution >= 0.6 is 11.6 Å². The van der Waals surface area contributed by atoms with Crippen molar-refractivity contribution in [2.45, 2.75) is 13.3 Å². The van der Waals surface area contributed by atoms with Crippen LogP contribution in [0.1, 0.15) is 11.4 Å². The molecule has 0 aromatic carbocycles. The zero-order valence-corrected chi connectivity index (χ0v) is 8.13. The lowest BCUT2D eigenvalue weighted by Gasteiger charge is -2.00. The van der Waals surface area contributed by atoms with Crippen molar-refractivity contribution in [3.05, 3.63) is 22.7 Å². The second-order valence-electron chi connectivity index (χ2n) is 2.52. The minimum absolute atomic E-state index is 0.125. The topological polar surface area (TPSA) is 52.1 Å². The van der Waals surface area contributed by atoms with Crippen molar-refractivity contribution in [3.8, 4) is 0 Å². The maximum Gasteiger partial charge on any atom is 0.311 e. The van der Waals surface area contributed by atoms with Crippen molar-refractivity contribution < 1.29 is 9.53 Å². The van der Waals surface area contributed by atoms with E-state index in [2.05, 4.69) is 14.7 Å². The van der Waals surface area contributed by atoms with Gasteiger partial charge in [-0.05, 0) is 24.6 Å². The molecule has 1 aromatic rings. The van der Waals surface area contributed by atoms with E-state index in [4.69, 9.17) is 11.6 Å². The molecule has 0 aliphatic heterocycles. The van der Waals surface area contributed by atoms with Crippen LogP contribution in [0.3, 0.4) is 0 Å². The Morgan fingerprint density at radius 1 is 1.62 bits per heavy atom. The first-order valence-corrected chi connectivity index (χ1v) is 4.06. The molecule has 0 bridgehead atoms. The average molecular weight is 201 g/mol. The quantitative estimate of drug-likeness (QED) is 0.531. The van der Waals surface area contributed by atoms with E-state index >= 15 is 0 Å². The van der Waals surface area contributed by atoms with Crippen LogP contribution in [0.2, 0.25) is 5.28 Å². The zero-order valence-electron chi connectivity index (χ0n) is 7.37. The van der Waals surface area contributed by atoms with Gasteiger partial charge in [-0.3, -0.25) is 4.79 Å². The number of halogens is 1. The summed E-state index contributed by atoms with van der Waals surface area (Å²) in [5.74, 6) is -0.339. The van der Waals surface area contributed by atoms with E-state index < -0.39 is 0 Å². The number of esters is 1. The van der Waals surface area contributed by atoms with Crippen LogP contribution in [-0.2, 0) is 16.0 Å². The molecule has 0 atom stereocenters. The van der Waals surface area contributed by atoms with Crippen LogP contribution in [0, 0.1) is 6.92 Å². The summed E-state index contributed by atoms with van der Waals surface area (Å²) in [6.07, 6.45) is 0.125. The predicted molar refractivity (Wildman–Crippen MR) is 47.5 cm³/mol. The number of aromatic nitrogens is 2. The average Bonchev–Trinajstić information content (AvgIpc) is 2.02. The Hall–Kier alpha value is -1.16. The van der Waals surface area contributed by atoms with Gasteiger partial charge >= 0.3 is 5.97 Å². The predicted octanol–water partition coefficient (Wildman–Crippen LogP) is 1.15. The molecule has 13 heavy (non-hydrogen) atoms. The molecule has 0 N–H and O–H groups in total. The third-order valence-corrected chi connectivity index (χ3v) is 1.60. The van der Waals surface area contributed by atoms with Gasteiger partial charge in [0.25, 0.3) is 0 Å². The highest BCUT2D eigenvalue weighted by Gasteiger charge is 2.05. The van der Waals surface area contributed by atoms with Gasteiger partial charge in [0.05, 0.1) is 19.2 Å². The maximum atomic E-state index is 10.9. The van der Waals surface area contributed by atoms with Crippen molar-refractivity contribution >= 4 is 17.6 Å². The number of ether oxygens (including phenoxy) is 1. The Kier molecular flexibility index (Phi) is 3.19. The molecular weight excluding hydrogens is 192 g/mol. The Balaban J connectivity index is 2.83. The molecule has 1 aromatic heterocycles. The highest BCUT2D eigenvalue weighted by molar-refractivity contribution is 6.28. The molecule has 0 saturated heterocycles. The Morgan fingerprint density at radius 2 is 2.31 bits per heavy atom. The number of rotatable bonds is 2. The largest absolute Gasteiger partial charge is 0.469 e. The Bertz CT molecular complexity index is 308. The highest BCUT2D eigenvalue weighted by Crippen LogP contribution is 2.06. The van der Waals surface area contributed by atoms with E-state index in [1.807, 2.05) is 0 Å². The minimum Gasteiger partial charge on any atom is -0.469 e. The first-order valence-electron chi connectivity index (χ1n) is 3.68. The van der Waals surface area contributed by atoms with Crippen molar-refractivity contribution in [2.75, 3.05) is 7.11 Å². The Morgan fingerprint density at radius 3 is 2.85 bits per heavy atom. The maximum absolute atomic E-state index is 10.9. The van der Waals surface area contributed by atoms with E-state index in [0.29, 0.717) is 5.69 Å². The van der Waals surface area contributed by atoms with E-state index in [1.165, 1.54) is 7.11 Å². The first kappa shape index (κ1) is 9.92. The molecule has 1 rings (SSSR count). The molecular formula is C8H9ClN2O2. The number of carbonyl (C=O) groups is 1. The lowest BCUT2D eigenvalue weighted by Crippen LogP contribution is -2.07. The number of nitrogens with zero attached hydrogens (tertiary/aromatic N) is 2. The van der Waals surface area contributed by atoms with Gasteiger partial charge in [0, 0.05) is 5.69 Å². The van der Waals surface area contributed by atoms with Gasteiger partial charge in [0.2, 0.25) is 5.28 Å². The summed E-state index contributed by atoms with van der Waals surface area (Å²) in [6, 6.07) is 1.70. The Labute approximate surface area is 80.9 Å². The van der Waals surface area contributed by atoms with Crippen LogP contribution in [0.4, 0.5) is 0 Å². The smallest absolute Gasteiger partial charge is 0.311 e. The van der Waals surface area contributed by atoms with Gasteiger partial charge < -0.3 is 4.74 Å². The molecule has 0 spiro atoms. The fourth-order valence-electron chi connectivity index (χ4n) is 0.905. The molecule has 5 heteroatoms. The molecule has 0 aliphatic carbocycles. The minimum atomic E-state index is -0.339. The summed E-state index contributed by atoms with van der Waals surface area (Å²) in [5, 5.41) is 0.152. The molecule has 0 unspecified atom stereocenters. The van der Waals surface area contributed by atoms with E-state index in [0.717, 1.165) is 5.69 Å². The van der Waals surface area contributed by atoms with Crippen LogP contribution in [0.15, 0.2) is 6.07 Å². The van der Waals surface area contributed by atoms with E-state index in [1.54, 1.807) is 13.0 Å². The number of methoxy groups -OCH3 is 1. The van der Waals surface area contributed by atoms with Gasteiger partial charge in [-0.15, -0.1) is 0 Å². The van der Waals surface area contributed by atoms with Crippen LogP contribution < -0.4 is 0 Å². The lowest BCUT2D eigenvalue weighted by molar-refractivity contribution is -0.139. The summed E-state index contributed by atoms with van der Waals surface area (Å²) in [5.41, 5.74) is 1.31. The van der Waals surface area contributed by atoms with Crippen LogP contribution in [0.25, 0.3) is 0 Å². The van der Waals surface area contributed by atoms with Crippen molar-refractivity contribution in [2.24, 2.45) is 0 Å². The molecule has 0 fully saturated rings. The normalized spacial score (nSPS) is 9.77. The van der Waals surface area contributed by atoms with Gasteiger partial charge in [-0.25, -0.2) is 9.97 Å². The zero-order chi connectivity index (χ0) is 9.84. The summed E-state index contributed by atoms with van der Waals surface area (Å²) in [4.78, 5) is 18.6. The van der Waals surface area contributed by atoms with Crippen LogP contribution in [0.5, 0.6) is 0 Å². The second kappa shape index (κ2) is 4.18. The monoisotopic (exact) mass is 200 g/mol. The number of carbonyl (C=O) groups excluding carboxylic acids is 1. The number of aryl methyl sites for hydroxylation is 1. The molecule has 0 aliphatic rings. The lowest BCUT2D eigenvalue weighted by atomic mass is 10.3. The third-order valence-electron chi connectivity index (χ3n) is 1.43. The van der Waals surface area contributed by atoms with Gasteiger partial charge in [0.1, 0.15) is 0 Å². The van der Waals surface area contributed by atoms with Gasteiger partial charge in [-0.2, -0.15) is 0 Å². The van der Waals surface area contributed by atoms with E-state index in [9.17, 15) is 4.79 Å². The number of hydrogen-bond donors (Lipinski definition) is 0. The fraction of sp³-hybridized carbons (Fsp3) is 0.375. The van der Waals surface area contributed by atoms with Crippen molar-refractivity contribution in [1.29, 1.82) is 0 Å². The van der Waals surface area contributed by atoms with Gasteiger partial charge in [-0.1, -0.05) is 0 Å². The highest BCUT2D eigenvalue weighted by atomic mass is 35.5. The molecule has 0 amide bonds. The van der Waals surface area contributed by atoms with Crippen molar-refractivity contribution in [3.63, 3.8) is 0 Å². The van der Waals surface area contributed by atoms with Gasteiger partial charge in [0.15, 0.2) is 0 Å². The molecule has 70 valence electrons. The van der Waals surface area contributed by atoms with Crippen LogP contribution in [-0.4, -0.2) is 23.0 Å². The summed E-state index contributed by atoms with van der Waals surface area (Å²) >= 11 is 5.60. The first-order chi connectivity index (χ1) is 6.11. The standard InChI is InChI=1S/C8H9ClN2O2/c1-5-3-6(4-7(12)13-2)11-8(9)10-5/h3H,4H2,1-2H3. The van der Waals surface area contributed by atoms with E-state index in [-0.39, 0.29) is 17.7 Å².